The molecule has 0 atom stereocenters. The smallest absolute Gasteiger partial charge is 0.339 e. The highest BCUT2D eigenvalue weighted by Crippen LogP contribution is 2.25. The minimum atomic E-state index is -0.571. The third-order valence-corrected chi connectivity index (χ3v) is 5.98. The highest BCUT2D eigenvalue weighted by molar-refractivity contribution is 8.00. The molecule has 0 heterocycles. The number of amides is 1. The molecule has 154 valence electrons. The summed E-state index contributed by atoms with van der Waals surface area (Å²) in [7, 11) is 3.37. The average molecular weight is 414 g/mol. The van der Waals surface area contributed by atoms with Crippen molar-refractivity contribution >= 4 is 29.4 Å². The van der Waals surface area contributed by atoms with Crippen molar-refractivity contribution in [3.63, 3.8) is 0 Å². The van der Waals surface area contributed by atoms with Crippen LogP contribution in [0.25, 0.3) is 0 Å². The van der Waals surface area contributed by atoms with E-state index < -0.39 is 5.97 Å². The first-order chi connectivity index (χ1) is 13.6. The van der Waals surface area contributed by atoms with E-state index in [1.54, 1.807) is 38.4 Å². The number of carbonyl (C=O) groups is 3. The molecule has 1 amide bonds. The topological polar surface area (TPSA) is 63.7 Å². The number of thioether (sulfide) groups is 1. The molecule has 0 aliphatic rings. The van der Waals surface area contributed by atoms with Crippen molar-refractivity contribution in [3.8, 4) is 0 Å². The van der Waals surface area contributed by atoms with Gasteiger partial charge in [-0.15, -0.1) is 11.8 Å². The van der Waals surface area contributed by atoms with E-state index in [4.69, 9.17) is 4.74 Å². The number of ether oxygens (including phenoxy) is 1. The zero-order chi connectivity index (χ0) is 21.7. The quantitative estimate of drug-likeness (QED) is 0.388. The molecule has 2 aromatic carbocycles. The summed E-state index contributed by atoms with van der Waals surface area (Å²) in [6.07, 6.45) is 0. The number of nitrogens with zero attached hydrogens (tertiary/aromatic N) is 1. The molecule has 0 fully saturated rings. The molecule has 0 N–H and O–H groups in total. The molecule has 0 spiro atoms. The second kappa shape index (κ2) is 9.74. The Morgan fingerprint density at radius 3 is 2.28 bits per heavy atom. The standard InChI is InChI=1S/C23H27NO4S/c1-14-11-15(2)22(17(4)16(14)3)19(25)12-28-23(27)18-9-7-8-10-20(18)29-13-21(26)24(5)6/h7-11H,12-13H2,1-6H3. The Bertz CT molecular complexity index is 950. The molecule has 5 nitrogen and oxygen atoms in total. The van der Waals surface area contributed by atoms with E-state index in [1.807, 2.05) is 33.8 Å². The fraction of sp³-hybridized carbons (Fsp3) is 0.348. The number of rotatable bonds is 7. The van der Waals surface area contributed by atoms with Gasteiger partial charge in [0, 0.05) is 24.6 Å². The van der Waals surface area contributed by atoms with Crippen LogP contribution in [-0.2, 0) is 9.53 Å². The largest absolute Gasteiger partial charge is 0.454 e. The van der Waals surface area contributed by atoms with Crippen molar-refractivity contribution in [1.82, 2.24) is 4.90 Å². The van der Waals surface area contributed by atoms with Crippen molar-refractivity contribution in [2.75, 3.05) is 26.5 Å². The Balaban J connectivity index is 2.11. The van der Waals surface area contributed by atoms with Gasteiger partial charge in [0.25, 0.3) is 0 Å². The van der Waals surface area contributed by atoms with Crippen LogP contribution in [0.3, 0.4) is 0 Å². The fourth-order valence-corrected chi connectivity index (χ4v) is 4.04. The predicted octanol–water partition coefficient (Wildman–Crippen LogP) is 4.14. The third kappa shape index (κ3) is 5.48. The highest BCUT2D eigenvalue weighted by atomic mass is 32.2. The van der Waals surface area contributed by atoms with E-state index in [9.17, 15) is 14.4 Å². The van der Waals surface area contributed by atoms with E-state index in [1.165, 1.54) is 16.7 Å². The van der Waals surface area contributed by atoms with Crippen molar-refractivity contribution in [3.05, 3.63) is 63.7 Å². The van der Waals surface area contributed by atoms with Gasteiger partial charge >= 0.3 is 5.97 Å². The van der Waals surface area contributed by atoms with Crippen LogP contribution in [0, 0.1) is 27.7 Å². The fourth-order valence-electron chi connectivity index (χ4n) is 3.02. The monoisotopic (exact) mass is 413 g/mol. The number of hydrogen-bond donors (Lipinski definition) is 0. The van der Waals surface area contributed by atoms with Gasteiger partial charge in [0.15, 0.2) is 6.61 Å². The third-order valence-electron chi connectivity index (χ3n) is 4.93. The van der Waals surface area contributed by atoms with E-state index in [0.717, 1.165) is 22.3 Å². The van der Waals surface area contributed by atoms with Crippen molar-refractivity contribution in [2.45, 2.75) is 32.6 Å². The predicted molar refractivity (Wildman–Crippen MR) is 116 cm³/mol. The van der Waals surface area contributed by atoms with Gasteiger partial charge in [-0.2, -0.15) is 0 Å². The van der Waals surface area contributed by atoms with Gasteiger partial charge in [-0.1, -0.05) is 18.2 Å². The van der Waals surface area contributed by atoms with Crippen LogP contribution in [-0.4, -0.2) is 49.0 Å². The molecule has 2 rings (SSSR count). The van der Waals surface area contributed by atoms with E-state index in [-0.39, 0.29) is 24.1 Å². The van der Waals surface area contributed by atoms with Crippen molar-refractivity contribution in [2.24, 2.45) is 0 Å². The number of hydrogen-bond acceptors (Lipinski definition) is 5. The minimum Gasteiger partial charge on any atom is -0.454 e. The van der Waals surface area contributed by atoms with Crippen LogP contribution in [0.4, 0.5) is 0 Å². The van der Waals surface area contributed by atoms with Crippen LogP contribution >= 0.6 is 11.8 Å². The summed E-state index contributed by atoms with van der Waals surface area (Å²) >= 11 is 1.27. The molecule has 0 saturated heterocycles. The van der Waals surface area contributed by atoms with Crippen molar-refractivity contribution < 1.29 is 19.1 Å². The number of carbonyl (C=O) groups excluding carboxylic acids is 3. The van der Waals surface area contributed by atoms with Gasteiger partial charge < -0.3 is 9.64 Å². The Kier molecular flexibility index (Phi) is 7.62. The molecule has 0 aliphatic carbocycles. The summed E-state index contributed by atoms with van der Waals surface area (Å²) in [6.45, 7) is 7.48. The average Bonchev–Trinajstić information content (AvgIpc) is 2.68. The number of ketones is 1. The van der Waals surface area contributed by atoms with Gasteiger partial charge in [0.1, 0.15) is 0 Å². The van der Waals surface area contributed by atoms with Crippen LogP contribution < -0.4 is 0 Å². The van der Waals surface area contributed by atoms with Crippen LogP contribution in [0.2, 0.25) is 0 Å². The Hall–Kier alpha value is -2.60. The molecule has 0 radical (unpaired) electrons. The lowest BCUT2D eigenvalue weighted by atomic mass is 9.92. The van der Waals surface area contributed by atoms with Gasteiger partial charge in [0.05, 0.1) is 11.3 Å². The first kappa shape index (κ1) is 22.7. The lowest BCUT2D eigenvalue weighted by molar-refractivity contribution is -0.125. The molecule has 0 bridgehead atoms. The first-order valence-electron chi connectivity index (χ1n) is 9.33. The molecular formula is C23H27NO4S. The lowest BCUT2D eigenvalue weighted by Crippen LogP contribution is -2.23. The molecular weight excluding hydrogens is 386 g/mol. The van der Waals surface area contributed by atoms with Gasteiger partial charge in [0.2, 0.25) is 11.7 Å². The summed E-state index contributed by atoms with van der Waals surface area (Å²) in [4.78, 5) is 39.3. The molecule has 0 saturated carbocycles. The second-order valence-electron chi connectivity index (χ2n) is 7.21. The van der Waals surface area contributed by atoms with Crippen LogP contribution in [0.1, 0.15) is 43.0 Å². The van der Waals surface area contributed by atoms with Gasteiger partial charge in [-0.25, -0.2) is 4.79 Å². The molecule has 29 heavy (non-hydrogen) atoms. The Labute approximate surface area is 176 Å². The second-order valence-corrected chi connectivity index (χ2v) is 8.22. The minimum absolute atomic E-state index is 0.0472. The normalized spacial score (nSPS) is 10.6. The summed E-state index contributed by atoms with van der Waals surface area (Å²) < 4.78 is 5.32. The van der Waals surface area contributed by atoms with Crippen LogP contribution in [0.15, 0.2) is 35.2 Å². The number of Topliss-reactive ketones (excluding diaryl/α,β-unsaturated/α-hetero) is 1. The highest BCUT2D eigenvalue weighted by Gasteiger charge is 2.19. The van der Waals surface area contributed by atoms with Crippen LogP contribution in [0.5, 0.6) is 0 Å². The zero-order valence-corrected chi connectivity index (χ0v) is 18.6. The number of esters is 1. The summed E-state index contributed by atoms with van der Waals surface area (Å²) in [6, 6.07) is 8.91. The maximum Gasteiger partial charge on any atom is 0.339 e. The summed E-state index contributed by atoms with van der Waals surface area (Å²) in [5.41, 5.74) is 4.96. The first-order valence-corrected chi connectivity index (χ1v) is 10.3. The SMILES string of the molecule is Cc1cc(C)c(C(=O)COC(=O)c2ccccc2SCC(=O)N(C)C)c(C)c1C. The zero-order valence-electron chi connectivity index (χ0n) is 17.8. The van der Waals surface area contributed by atoms with E-state index in [0.29, 0.717) is 16.0 Å². The molecule has 2 aromatic rings. The number of benzene rings is 2. The Morgan fingerprint density at radius 2 is 1.62 bits per heavy atom. The van der Waals surface area contributed by atoms with E-state index in [2.05, 4.69) is 0 Å². The maximum absolute atomic E-state index is 12.7. The number of aryl methyl sites for hydroxylation is 2. The van der Waals surface area contributed by atoms with Crippen molar-refractivity contribution in [1.29, 1.82) is 0 Å². The van der Waals surface area contributed by atoms with E-state index >= 15 is 0 Å². The Morgan fingerprint density at radius 1 is 0.966 bits per heavy atom. The summed E-state index contributed by atoms with van der Waals surface area (Å²) in [5.74, 6) is -0.617. The molecule has 6 heteroatoms. The summed E-state index contributed by atoms with van der Waals surface area (Å²) in [5, 5.41) is 0. The van der Waals surface area contributed by atoms with Gasteiger partial charge in [-0.05, 0) is 62.1 Å². The lowest BCUT2D eigenvalue weighted by Gasteiger charge is -2.15. The van der Waals surface area contributed by atoms with Gasteiger partial charge in [-0.3, -0.25) is 9.59 Å². The molecule has 0 aliphatic heterocycles. The molecule has 0 aromatic heterocycles. The molecule has 0 unspecified atom stereocenters. The maximum atomic E-state index is 12.7.